The van der Waals surface area contributed by atoms with E-state index in [4.69, 9.17) is 0 Å². The molecule has 0 unspecified atom stereocenters. The van der Waals surface area contributed by atoms with Crippen molar-refractivity contribution in [1.29, 1.82) is 0 Å². The molecule has 0 saturated heterocycles. The van der Waals surface area contributed by atoms with Crippen molar-refractivity contribution < 1.29 is 0 Å². The summed E-state index contributed by atoms with van der Waals surface area (Å²) < 4.78 is 2.02. The standard InChI is InChI=1S/C10H14N4/c1-11-6-10-12-5-9(13-10)8-3-4-14(2)7-8/h3-5,7,11H,6H2,1-2H3,(H,12,13). The molecule has 4 heteroatoms. The van der Waals surface area contributed by atoms with Crippen LogP contribution in [-0.4, -0.2) is 21.6 Å². The maximum Gasteiger partial charge on any atom is 0.120 e. The molecule has 0 aliphatic rings. The number of aromatic nitrogens is 3. The zero-order chi connectivity index (χ0) is 9.97. The Bertz CT molecular complexity index is 413. The molecule has 4 nitrogen and oxygen atoms in total. The van der Waals surface area contributed by atoms with Gasteiger partial charge in [-0.25, -0.2) is 4.98 Å². The largest absolute Gasteiger partial charge is 0.357 e. The van der Waals surface area contributed by atoms with E-state index in [2.05, 4.69) is 27.5 Å². The molecule has 2 N–H and O–H groups in total. The average molecular weight is 190 g/mol. The van der Waals surface area contributed by atoms with Gasteiger partial charge in [-0.2, -0.15) is 0 Å². The van der Waals surface area contributed by atoms with Crippen LogP contribution in [0.5, 0.6) is 0 Å². The van der Waals surface area contributed by atoms with Crippen LogP contribution in [0.15, 0.2) is 24.7 Å². The van der Waals surface area contributed by atoms with Crippen LogP contribution in [0.1, 0.15) is 5.82 Å². The molecule has 0 saturated carbocycles. The highest BCUT2D eigenvalue weighted by Gasteiger charge is 2.02. The Morgan fingerprint density at radius 3 is 3.07 bits per heavy atom. The van der Waals surface area contributed by atoms with Crippen LogP contribution in [0.4, 0.5) is 0 Å². The zero-order valence-electron chi connectivity index (χ0n) is 8.41. The topological polar surface area (TPSA) is 45.6 Å². The van der Waals surface area contributed by atoms with E-state index >= 15 is 0 Å². The Balaban J connectivity index is 2.24. The summed E-state index contributed by atoms with van der Waals surface area (Å²) in [5.41, 5.74) is 2.23. The van der Waals surface area contributed by atoms with Gasteiger partial charge in [-0.1, -0.05) is 0 Å². The molecule has 0 aliphatic carbocycles. The minimum atomic E-state index is 0.771. The molecule has 0 atom stereocenters. The van der Waals surface area contributed by atoms with Crippen molar-refractivity contribution in [3.05, 3.63) is 30.5 Å². The van der Waals surface area contributed by atoms with Gasteiger partial charge in [0.05, 0.1) is 18.4 Å². The third-order valence-corrected chi connectivity index (χ3v) is 2.12. The molecule has 0 radical (unpaired) electrons. The van der Waals surface area contributed by atoms with Gasteiger partial charge in [0, 0.05) is 25.0 Å². The molecular formula is C10H14N4. The smallest absolute Gasteiger partial charge is 0.120 e. The molecule has 0 fully saturated rings. The number of imidazole rings is 1. The summed E-state index contributed by atoms with van der Waals surface area (Å²) in [6, 6.07) is 2.07. The Kier molecular flexibility index (Phi) is 2.37. The van der Waals surface area contributed by atoms with E-state index in [1.54, 1.807) is 0 Å². The number of nitrogens with one attached hydrogen (secondary N) is 2. The molecule has 0 spiro atoms. The van der Waals surface area contributed by atoms with Crippen molar-refractivity contribution in [2.24, 2.45) is 7.05 Å². The molecule has 0 aromatic carbocycles. The minimum Gasteiger partial charge on any atom is -0.357 e. The lowest BCUT2D eigenvalue weighted by Gasteiger charge is -1.93. The van der Waals surface area contributed by atoms with Crippen molar-refractivity contribution in [1.82, 2.24) is 19.9 Å². The molecule has 14 heavy (non-hydrogen) atoms. The summed E-state index contributed by atoms with van der Waals surface area (Å²) in [5, 5.41) is 3.06. The van der Waals surface area contributed by atoms with Crippen LogP contribution in [-0.2, 0) is 13.6 Å². The lowest BCUT2D eigenvalue weighted by molar-refractivity contribution is 0.772. The molecular weight excluding hydrogens is 176 g/mol. The fourth-order valence-corrected chi connectivity index (χ4v) is 1.43. The van der Waals surface area contributed by atoms with Crippen molar-refractivity contribution in [3.63, 3.8) is 0 Å². The number of hydrogen-bond acceptors (Lipinski definition) is 2. The molecule has 2 heterocycles. The Hall–Kier alpha value is -1.55. The first-order chi connectivity index (χ1) is 6.79. The number of hydrogen-bond donors (Lipinski definition) is 2. The van der Waals surface area contributed by atoms with Crippen LogP contribution in [0.25, 0.3) is 11.3 Å². The van der Waals surface area contributed by atoms with E-state index in [-0.39, 0.29) is 0 Å². The van der Waals surface area contributed by atoms with Crippen LogP contribution >= 0.6 is 0 Å². The normalized spacial score (nSPS) is 10.7. The van der Waals surface area contributed by atoms with Crippen molar-refractivity contribution in [2.75, 3.05) is 7.05 Å². The summed E-state index contributed by atoms with van der Waals surface area (Å²) in [6.45, 7) is 0.771. The third-order valence-electron chi connectivity index (χ3n) is 2.12. The van der Waals surface area contributed by atoms with E-state index in [1.165, 1.54) is 5.56 Å². The van der Waals surface area contributed by atoms with Gasteiger partial charge >= 0.3 is 0 Å². The first kappa shape index (κ1) is 9.02. The summed E-state index contributed by atoms with van der Waals surface area (Å²) in [4.78, 5) is 7.52. The molecule has 0 amide bonds. The second kappa shape index (κ2) is 3.67. The van der Waals surface area contributed by atoms with Gasteiger partial charge in [0.15, 0.2) is 0 Å². The van der Waals surface area contributed by atoms with E-state index in [1.807, 2.05) is 31.1 Å². The lowest BCUT2D eigenvalue weighted by Crippen LogP contribution is -2.06. The van der Waals surface area contributed by atoms with Gasteiger partial charge in [-0.15, -0.1) is 0 Å². The SMILES string of the molecule is CNCc1ncc(-c2ccn(C)c2)[nH]1. The average Bonchev–Trinajstić information content (AvgIpc) is 2.74. The second-order valence-corrected chi connectivity index (χ2v) is 3.34. The van der Waals surface area contributed by atoms with E-state index in [0.717, 1.165) is 18.1 Å². The summed E-state index contributed by atoms with van der Waals surface area (Å²) >= 11 is 0. The lowest BCUT2D eigenvalue weighted by atomic mass is 10.3. The third kappa shape index (κ3) is 1.70. The van der Waals surface area contributed by atoms with Crippen LogP contribution in [0.2, 0.25) is 0 Å². The maximum absolute atomic E-state index is 4.26. The number of nitrogens with zero attached hydrogens (tertiary/aromatic N) is 2. The highest BCUT2D eigenvalue weighted by atomic mass is 15.0. The first-order valence-electron chi connectivity index (χ1n) is 4.60. The Morgan fingerprint density at radius 2 is 2.43 bits per heavy atom. The van der Waals surface area contributed by atoms with E-state index < -0.39 is 0 Å². The predicted molar refractivity (Wildman–Crippen MR) is 55.8 cm³/mol. The van der Waals surface area contributed by atoms with Crippen molar-refractivity contribution in [2.45, 2.75) is 6.54 Å². The molecule has 0 bridgehead atoms. The first-order valence-corrected chi connectivity index (χ1v) is 4.60. The highest BCUT2D eigenvalue weighted by Crippen LogP contribution is 2.16. The maximum atomic E-state index is 4.26. The predicted octanol–water partition coefficient (Wildman–Crippen LogP) is 1.13. The fourth-order valence-electron chi connectivity index (χ4n) is 1.43. The monoisotopic (exact) mass is 190 g/mol. The van der Waals surface area contributed by atoms with Gasteiger partial charge in [0.1, 0.15) is 5.82 Å². The Morgan fingerprint density at radius 1 is 1.57 bits per heavy atom. The number of aryl methyl sites for hydroxylation is 1. The number of rotatable bonds is 3. The fraction of sp³-hybridized carbons (Fsp3) is 0.300. The quantitative estimate of drug-likeness (QED) is 0.762. The molecule has 74 valence electrons. The van der Waals surface area contributed by atoms with E-state index in [0.29, 0.717) is 0 Å². The van der Waals surface area contributed by atoms with Gasteiger partial charge in [0.25, 0.3) is 0 Å². The van der Waals surface area contributed by atoms with Crippen LogP contribution in [0.3, 0.4) is 0 Å². The van der Waals surface area contributed by atoms with Crippen molar-refractivity contribution >= 4 is 0 Å². The molecule has 0 aliphatic heterocycles. The van der Waals surface area contributed by atoms with Gasteiger partial charge in [0.2, 0.25) is 0 Å². The van der Waals surface area contributed by atoms with Gasteiger partial charge < -0.3 is 14.9 Å². The second-order valence-electron chi connectivity index (χ2n) is 3.34. The molecule has 2 rings (SSSR count). The number of H-pyrrole nitrogens is 1. The van der Waals surface area contributed by atoms with Crippen LogP contribution in [0, 0.1) is 0 Å². The molecule has 2 aromatic rings. The number of aromatic amines is 1. The van der Waals surface area contributed by atoms with Crippen molar-refractivity contribution in [3.8, 4) is 11.3 Å². The van der Waals surface area contributed by atoms with E-state index in [9.17, 15) is 0 Å². The zero-order valence-corrected chi connectivity index (χ0v) is 8.41. The van der Waals surface area contributed by atoms with Crippen LogP contribution < -0.4 is 5.32 Å². The Labute approximate surface area is 83.0 Å². The summed E-state index contributed by atoms with van der Waals surface area (Å²) in [6.07, 6.45) is 5.95. The van der Waals surface area contributed by atoms with Gasteiger partial charge in [-0.3, -0.25) is 0 Å². The highest BCUT2D eigenvalue weighted by molar-refractivity contribution is 5.57. The molecule has 2 aromatic heterocycles. The van der Waals surface area contributed by atoms with Gasteiger partial charge in [-0.05, 0) is 13.1 Å². The summed E-state index contributed by atoms with van der Waals surface area (Å²) in [7, 11) is 3.92. The minimum absolute atomic E-state index is 0.771. The summed E-state index contributed by atoms with van der Waals surface area (Å²) in [5.74, 6) is 0.964.